The number of fused-ring (bicyclic) bond motifs is 1. The van der Waals surface area contributed by atoms with Crippen molar-refractivity contribution in [3.63, 3.8) is 0 Å². The summed E-state index contributed by atoms with van der Waals surface area (Å²) in [5, 5.41) is 18.9. The summed E-state index contributed by atoms with van der Waals surface area (Å²) in [5.41, 5.74) is 8.44. The second-order valence-corrected chi connectivity index (χ2v) is 11.9. The maximum atomic E-state index is 13.6. The van der Waals surface area contributed by atoms with Crippen LogP contribution in [0.25, 0.3) is 10.9 Å². The van der Waals surface area contributed by atoms with E-state index < -0.39 is 47.9 Å². The molecule has 4 atom stereocenters. The normalized spacial score (nSPS) is 14.0. The monoisotopic (exact) mass is 613 g/mol. The van der Waals surface area contributed by atoms with E-state index in [4.69, 9.17) is 5.73 Å². The summed E-state index contributed by atoms with van der Waals surface area (Å²) in [6.45, 7) is 0. The van der Waals surface area contributed by atoms with E-state index in [1.165, 1.54) is 11.8 Å². The Labute approximate surface area is 254 Å². The lowest BCUT2D eigenvalue weighted by atomic mass is 10.0. The van der Waals surface area contributed by atoms with Crippen LogP contribution in [0.3, 0.4) is 0 Å². The van der Waals surface area contributed by atoms with Gasteiger partial charge in [-0.15, -0.1) is 0 Å². The van der Waals surface area contributed by atoms with Crippen LogP contribution in [-0.4, -0.2) is 82.0 Å². The quantitative estimate of drug-likeness (QED) is 0.135. The molecule has 0 saturated carbocycles. The van der Waals surface area contributed by atoms with Crippen molar-refractivity contribution in [1.82, 2.24) is 20.9 Å². The second-order valence-electron chi connectivity index (χ2n) is 9.94. The summed E-state index contributed by atoms with van der Waals surface area (Å²) in [6, 6.07) is 12.6. The standard InChI is InChI=1S/C30H39N5O5S2/c1-41-14-12-22(31)27(36)33-24(13-15-42-2)28(37)34-25(17-20-18-32-23-11-7-6-10-21(20)23)29(38)35-26(30(39)40)16-19-8-4-3-5-9-19/h3-11,18,22,24-26,32H,12-17,31H2,1-2H3,(H,33,36)(H,34,37)(H,35,38)(H,39,40). The highest BCUT2D eigenvalue weighted by atomic mass is 32.2. The van der Waals surface area contributed by atoms with Gasteiger partial charge in [0.05, 0.1) is 6.04 Å². The van der Waals surface area contributed by atoms with E-state index in [0.29, 0.717) is 24.3 Å². The molecule has 0 aliphatic carbocycles. The van der Waals surface area contributed by atoms with Gasteiger partial charge in [-0.25, -0.2) is 4.79 Å². The predicted molar refractivity (Wildman–Crippen MR) is 170 cm³/mol. The number of carboxylic acid groups (broad SMARTS) is 1. The molecule has 2 aromatic carbocycles. The maximum absolute atomic E-state index is 13.6. The van der Waals surface area contributed by atoms with Gasteiger partial charge in [-0.3, -0.25) is 14.4 Å². The highest BCUT2D eigenvalue weighted by Crippen LogP contribution is 2.19. The molecule has 0 bridgehead atoms. The zero-order valence-electron chi connectivity index (χ0n) is 23.8. The van der Waals surface area contributed by atoms with Crippen molar-refractivity contribution in [3.05, 3.63) is 71.9 Å². The van der Waals surface area contributed by atoms with Crippen molar-refractivity contribution < 1.29 is 24.3 Å². The first-order chi connectivity index (χ1) is 20.2. The van der Waals surface area contributed by atoms with E-state index >= 15 is 0 Å². The zero-order chi connectivity index (χ0) is 30.5. The van der Waals surface area contributed by atoms with Crippen LogP contribution in [0.15, 0.2) is 60.8 Å². The number of hydrogen-bond donors (Lipinski definition) is 6. The number of nitrogens with two attached hydrogens (primary N) is 1. The molecule has 0 saturated heterocycles. The van der Waals surface area contributed by atoms with Gasteiger partial charge in [0.2, 0.25) is 17.7 Å². The molecule has 226 valence electrons. The summed E-state index contributed by atoms with van der Waals surface area (Å²) in [5.74, 6) is -1.49. The van der Waals surface area contributed by atoms with Gasteiger partial charge >= 0.3 is 5.97 Å². The summed E-state index contributed by atoms with van der Waals surface area (Å²) in [7, 11) is 0. The average molecular weight is 614 g/mol. The van der Waals surface area contributed by atoms with Gasteiger partial charge in [-0.1, -0.05) is 48.5 Å². The smallest absolute Gasteiger partial charge is 0.326 e. The van der Waals surface area contributed by atoms with E-state index in [2.05, 4.69) is 20.9 Å². The number of para-hydroxylation sites is 1. The van der Waals surface area contributed by atoms with Crippen molar-refractivity contribution >= 4 is 58.1 Å². The van der Waals surface area contributed by atoms with E-state index in [9.17, 15) is 24.3 Å². The fraction of sp³-hybridized carbons (Fsp3) is 0.400. The first-order valence-corrected chi connectivity index (χ1v) is 16.5. The third kappa shape index (κ3) is 9.81. The van der Waals surface area contributed by atoms with Crippen molar-refractivity contribution in [2.45, 2.75) is 49.9 Å². The lowest BCUT2D eigenvalue weighted by molar-refractivity contribution is -0.142. The Hall–Kier alpha value is -3.48. The van der Waals surface area contributed by atoms with Crippen LogP contribution < -0.4 is 21.7 Å². The number of benzene rings is 2. The molecule has 0 aliphatic heterocycles. The maximum Gasteiger partial charge on any atom is 0.326 e. The van der Waals surface area contributed by atoms with Gasteiger partial charge in [-0.05, 0) is 54.1 Å². The van der Waals surface area contributed by atoms with Crippen LogP contribution >= 0.6 is 23.5 Å². The number of H-pyrrole nitrogens is 1. The number of amides is 3. The molecule has 3 rings (SSSR count). The predicted octanol–water partition coefficient (Wildman–Crippen LogP) is 2.33. The number of aromatic amines is 1. The van der Waals surface area contributed by atoms with Gasteiger partial charge in [0, 0.05) is 29.9 Å². The summed E-state index contributed by atoms with van der Waals surface area (Å²) < 4.78 is 0. The van der Waals surface area contributed by atoms with Crippen LogP contribution in [0.2, 0.25) is 0 Å². The van der Waals surface area contributed by atoms with Crippen molar-refractivity contribution in [1.29, 1.82) is 0 Å². The van der Waals surface area contributed by atoms with Gasteiger partial charge in [0.15, 0.2) is 0 Å². The van der Waals surface area contributed by atoms with E-state index in [-0.39, 0.29) is 12.8 Å². The first-order valence-electron chi connectivity index (χ1n) is 13.7. The Balaban J connectivity index is 1.83. The number of thioether (sulfide) groups is 2. The number of hydrogen-bond acceptors (Lipinski definition) is 7. The summed E-state index contributed by atoms with van der Waals surface area (Å²) >= 11 is 3.10. The Bertz CT molecular complexity index is 1340. The molecule has 42 heavy (non-hydrogen) atoms. The minimum Gasteiger partial charge on any atom is -0.480 e. The van der Waals surface area contributed by atoms with E-state index in [1.54, 1.807) is 42.2 Å². The van der Waals surface area contributed by atoms with Gasteiger partial charge in [0.1, 0.15) is 18.1 Å². The first kappa shape index (κ1) is 33.0. The Morgan fingerprint density at radius 1 is 0.786 bits per heavy atom. The minimum atomic E-state index is -1.20. The molecule has 1 heterocycles. The van der Waals surface area contributed by atoms with Crippen molar-refractivity contribution in [2.75, 3.05) is 24.0 Å². The van der Waals surface area contributed by atoms with Gasteiger partial charge in [-0.2, -0.15) is 23.5 Å². The average Bonchev–Trinajstić information content (AvgIpc) is 3.40. The fourth-order valence-corrected chi connectivity index (χ4v) is 5.44. The lowest BCUT2D eigenvalue weighted by Crippen LogP contribution is -2.58. The minimum absolute atomic E-state index is 0.0794. The number of carbonyl (C=O) groups is 4. The highest BCUT2D eigenvalue weighted by molar-refractivity contribution is 7.98. The van der Waals surface area contributed by atoms with Gasteiger partial charge in [0.25, 0.3) is 0 Å². The Kier molecular flexibility index (Phi) is 13.2. The number of nitrogens with one attached hydrogen (secondary N) is 4. The third-order valence-corrected chi connectivity index (χ3v) is 8.13. The van der Waals surface area contributed by atoms with Crippen molar-refractivity contribution in [3.8, 4) is 0 Å². The van der Waals surface area contributed by atoms with E-state index in [1.807, 2.05) is 42.8 Å². The zero-order valence-corrected chi connectivity index (χ0v) is 25.4. The molecule has 12 heteroatoms. The molecule has 1 aromatic heterocycles. The molecule has 0 radical (unpaired) electrons. The molecule has 0 aliphatic rings. The van der Waals surface area contributed by atoms with Crippen molar-refractivity contribution in [2.24, 2.45) is 5.73 Å². The lowest BCUT2D eigenvalue weighted by Gasteiger charge is -2.25. The SMILES string of the molecule is CSCCC(N)C(=O)NC(CCSC)C(=O)NC(Cc1c[nH]c2ccccc12)C(=O)NC(Cc1ccccc1)C(=O)O. The molecule has 3 aromatic rings. The largest absolute Gasteiger partial charge is 0.480 e. The van der Waals surface area contributed by atoms with E-state index in [0.717, 1.165) is 22.0 Å². The van der Waals surface area contributed by atoms with Crippen LogP contribution in [-0.2, 0) is 32.0 Å². The Morgan fingerprint density at radius 2 is 1.38 bits per heavy atom. The summed E-state index contributed by atoms with van der Waals surface area (Å²) in [4.78, 5) is 55.2. The second kappa shape index (κ2) is 16.8. The molecule has 0 spiro atoms. The number of aliphatic carboxylic acids is 1. The molecule has 10 nitrogen and oxygen atoms in total. The topological polar surface area (TPSA) is 166 Å². The Morgan fingerprint density at radius 3 is 2.07 bits per heavy atom. The van der Waals surface area contributed by atoms with Crippen LogP contribution in [0, 0.1) is 0 Å². The third-order valence-electron chi connectivity index (χ3n) is 6.84. The summed E-state index contributed by atoms with van der Waals surface area (Å²) in [6.07, 6.45) is 6.58. The molecule has 0 fully saturated rings. The molecule has 3 amide bonds. The molecular formula is C30H39N5O5S2. The highest BCUT2D eigenvalue weighted by Gasteiger charge is 2.31. The number of carbonyl (C=O) groups excluding carboxylic acids is 3. The molecule has 4 unspecified atom stereocenters. The van der Waals surface area contributed by atoms with Crippen LogP contribution in [0.5, 0.6) is 0 Å². The fourth-order valence-electron chi connectivity index (χ4n) is 4.48. The number of aromatic nitrogens is 1. The number of rotatable bonds is 17. The van der Waals surface area contributed by atoms with Crippen LogP contribution in [0.1, 0.15) is 24.0 Å². The molecular weight excluding hydrogens is 574 g/mol. The molecule has 7 N–H and O–H groups in total. The van der Waals surface area contributed by atoms with Gasteiger partial charge < -0.3 is 31.8 Å². The number of carboxylic acids is 1. The van der Waals surface area contributed by atoms with Crippen LogP contribution in [0.4, 0.5) is 0 Å².